The van der Waals surface area contributed by atoms with Crippen LogP contribution in [-0.2, 0) is 9.53 Å². The number of esters is 1. The first kappa shape index (κ1) is 22.9. The molecule has 0 aliphatic heterocycles. The lowest BCUT2D eigenvalue weighted by molar-refractivity contribution is -0.119. The molecule has 0 saturated heterocycles. The van der Waals surface area contributed by atoms with Crippen LogP contribution in [0.4, 0.5) is 5.69 Å². The maximum Gasteiger partial charge on any atom is 0.339 e. The third kappa shape index (κ3) is 5.70. The summed E-state index contributed by atoms with van der Waals surface area (Å²) in [5, 5.41) is 2.72. The Labute approximate surface area is 188 Å². The van der Waals surface area contributed by atoms with Crippen molar-refractivity contribution in [1.29, 1.82) is 0 Å². The fourth-order valence-corrected chi connectivity index (χ4v) is 3.26. The van der Waals surface area contributed by atoms with E-state index in [2.05, 4.69) is 19.2 Å². The molecule has 3 aromatic rings. The molecule has 3 rings (SSSR count). The lowest BCUT2D eigenvalue weighted by atomic mass is 9.98. The highest BCUT2D eigenvalue weighted by atomic mass is 16.5. The second-order valence-electron chi connectivity index (χ2n) is 7.80. The van der Waals surface area contributed by atoms with Crippen LogP contribution in [0.3, 0.4) is 0 Å². The predicted molar refractivity (Wildman–Crippen MR) is 125 cm³/mol. The molecule has 0 aliphatic carbocycles. The van der Waals surface area contributed by atoms with Gasteiger partial charge in [-0.05, 0) is 43.0 Å². The second kappa shape index (κ2) is 10.5. The van der Waals surface area contributed by atoms with Gasteiger partial charge in [-0.2, -0.15) is 0 Å². The van der Waals surface area contributed by atoms with E-state index in [0.29, 0.717) is 17.2 Å². The summed E-state index contributed by atoms with van der Waals surface area (Å²) < 4.78 is 5.18. The predicted octanol–water partition coefficient (Wildman–Crippen LogP) is 5.54. The summed E-state index contributed by atoms with van der Waals surface area (Å²) in [6, 6.07) is 21.2. The number of carbonyl (C=O) groups is 3. The molecule has 0 saturated carbocycles. The number of ether oxygens (including phenoxy) is 1. The van der Waals surface area contributed by atoms with Crippen LogP contribution >= 0.6 is 0 Å². The number of hydrogen-bond donors (Lipinski definition) is 1. The van der Waals surface area contributed by atoms with Gasteiger partial charge < -0.3 is 10.1 Å². The average molecular weight is 430 g/mol. The van der Waals surface area contributed by atoms with Crippen molar-refractivity contribution in [3.8, 4) is 0 Å². The fraction of sp³-hybridized carbons (Fsp3) is 0.222. The Morgan fingerprint density at radius 2 is 1.50 bits per heavy atom. The number of amides is 1. The Kier molecular flexibility index (Phi) is 7.55. The van der Waals surface area contributed by atoms with Crippen LogP contribution in [0.5, 0.6) is 0 Å². The van der Waals surface area contributed by atoms with Crippen LogP contribution in [0.15, 0.2) is 72.8 Å². The van der Waals surface area contributed by atoms with E-state index >= 15 is 0 Å². The number of hydrogen-bond acceptors (Lipinski definition) is 4. The zero-order valence-electron chi connectivity index (χ0n) is 18.6. The molecule has 32 heavy (non-hydrogen) atoms. The number of nitrogens with one attached hydrogen (secondary N) is 1. The van der Waals surface area contributed by atoms with Crippen molar-refractivity contribution >= 4 is 23.3 Å². The van der Waals surface area contributed by atoms with Gasteiger partial charge in [0.2, 0.25) is 0 Å². The Bertz CT molecular complexity index is 1100. The molecule has 1 amide bonds. The van der Waals surface area contributed by atoms with Crippen LogP contribution in [0, 0.1) is 6.92 Å². The largest absolute Gasteiger partial charge is 0.452 e. The normalized spacial score (nSPS) is 11.5. The van der Waals surface area contributed by atoms with Crippen molar-refractivity contribution < 1.29 is 19.1 Å². The minimum Gasteiger partial charge on any atom is -0.452 e. The minimum atomic E-state index is -0.719. The quantitative estimate of drug-likeness (QED) is 0.377. The molecule has 1 unspecified atom stereocenters. The van der Waals surface area contributed by atoms with Gasteiger partial charge >= 0.3 is 5.97 Å². The van der Waals surface area contributed by atoms with E-state index in [1.165, 1.54) is 11.6 Å². The maximum atomic E-state index is 12.9. The fourth-order valence-electron chi connectivity index (χ4n) is 3.26. The highest BCUT2D eigenvalue weighted by molar-refractivity contribution is 6.14. The summed E-state index contributed by atoms with van der Waals surface area (Å²) in [5.74, 6) is -0.993. The van der Waals surface area contributed by atoms with Crippen LogP contribution in [0.1, 0.15) is 63.6 Å². The van der Waals surface area contributed by atoms with Gasteiger partial charge in [-0.25, -0.2) is 4.79 Å². The van der Waals surface area contributed by atoms with Crippen molar-refractivity contribution in [1.82, 2.24) is 0 Å². The molecule has 164 valence electrons. The lowest BCUT2D eigenvalue weighted by Crippen LogP contribution is -2.22. The molecular formula is C27H27NO4. The maximum absolute atomic E-state index is 12.9. The van der Waals surface area contributed by atoms with Gasteiger partial charge in [0.05, 0.1) is 5.56 Å². The van der Waals surface area contributed by atoms with E-state index in [1.54, 1.807) is 30.3 Å². The Balaban J connectivity index is 1.63. The molecule has 0 aliphatic rings. The summed E-state index contributed by atoms with van der Waals surface area (Å²) in [4.78, 5) is 37.7. The Morgan fingerprint density at radius 3 is 2.12 bits per heavy atom. The average Bonchev–Trinajstić information content (AvgIpc) is 2.82. The molecule has 0 radical (unpaired) electrons. The van der Waals surface area contributed by atoms with Gasteiger partial charge in [0.15, 0.2) is 12.4 Å². The summed E-state index contributed by atoms with van der Waals surface area (Å²) in [6.07, 6.45) is 1.04. The molecule has 5 nitrogen and oxygen atoms in total. The van der Waals surface area contributed by atoms with Gasteiger partial charge in [-0.3, -0.25) is 9.59 Å². The molecule has 1 N–H and O–H groups in total. The van der Waals surface area contributed by atoms with Crippen LogP contribution < -0.4 is 5.32 Å². The van der Waals surface area contributed by atoms with E-state index < -0.39 is 18.5 Å². The standard InChI is InChI=1S/C27H27NO4/c1-4-19(3)20-13-15-22(16-14-20)28-25(29)17-32-27(31)24-8-6-5-7-23(24)26(30)21-11-9-18(2)10-12-21/h5-16,19H,4,17H2,1-3H3,(H,28,29). The molecule has 0 heterocycles. The monoisotopic (exact) mass is 429 g/mol. The van der Waals surface area contributed by atoms with E-state index in [1.807, 2.05) is 43.3 Å². The van der Waals surface area contributed by atoms with Gasteiger partial charge in [0.25, 0.3) is 5.91 Å². The van der Waals surface area contributed by atoms with E-state index in [4.69, 9.17) is 4.74 Å². The minimum absolute atomic E-state index is 0.129. The van der Waals surface area contributed by atoms with E-state index in [9.17, 15) is 14.4 Å². The molecule has 0 aromatic heterocycles. The van der Waals surface area contributed by atoms with Gasteiger partial charge in [-0.1, -0.05) is 74.0 Å². The molecular weight excluding hydrogens is 402 g/mol. The molecule has 3 aromatic carbocycles. The molecule has 5 heteroatoms. The highest BCUT2D eigenvalue weighted by Crippen LogP contribution is 2.20. The number of carbonyl (C=O) groups excluding carboxylic acids is 3. The van der Waals surface area contributed by atoms with Crippen molar-refractivity contribution in [2.45, 2.75) is 33.1 Å². The zero-order valence-corrected chi connectivity index (χ0v) is 18.6. The first-order valence-corrected chi connectivity index (χ1v) is 10.7. The third-order valence-corrected chi connectivity index (χ3v) is 5.42. The SMILES string of the molecule is CCC(C)c1ccc(NC(=O)COC(=O)c2ccccc2C(=O)c2ccc(C)cc2)cc1. The molecule has 0 fully saturated rings. The van der Waals surface area contributed by atoms with Gasteiger partial charge in [0, 0.05) is 16.8 Å². The van der Waals surface area contributed by atoms with Gasteiger partial charge in [-0.15, -0.1) is 0 Å². The highest BCUT2D eigenvalue weighted by Gasteiger charge is 2.20. The number of ketones is 1. The third-order valence-electron chi connectivity index (χ3n) is 5.42. The first-order chi connectivity index (χ1) is 15.4. The number of rotatable bonds is 8. The summed E-state index contributed by atoms with van der Waals surface area (Å²) >= 11 is 0. The Hall–Kier alpha value is -3.73. The smallest absolute Gasteiger partial charge is 0.339 e. The number of aryl methyl sites for hydroxylation is 1. The number of anilines is 1. The van der Waals surface area contributed by atoms with Crippen molar-refractivity contribution in [3.63, 3.8) is 0 Å². The summed E-state index contributed by atoms with van der Waals surface area (Å²) in [7, 11) is 0. The molecule has 0 spiro atoms. The van der Waals surface area contributed by atoms with Gasteiger partial charge in [0.1, 0.15) is 0 Å². The lowest BCUT2D eigenvalue weighted by Gasteiger charge is -2.11. The van der Waals surface area contributed by atoms with Crippen LogP contribution in [0.25, 0.3) is 0 Å². The second-order valence-corrected chi connectivity index (χ2v) is 7.80. The van der Waals surface area contributed by atoms with Crippen LogP contribution in [0.2, 0.25) is 0 Å². The van der Waals surface area contributed by atoms with Crippen molar-refractivity contribution in [2.24, 2.45) is 0 Å². The van der Waals surface area contributed by atoms with E-state index in [-0.39, 0.29) is 16.9 Å². The Morgan fingerprint density at radius 1 is 0.875 bits per heavy atom. The molecule has 0 bridgehead atoms. The van der Waals surface area contributed by atoms with Crippen molar-refractivity contribution in [2.75, 3.05) is 11.9 Å². The van der Waals surface area contributed by atoms with Crippen molar-refractivity contribution in [3.05, 3.63) is 101 Å². The summed E-state index contributed by atoms with van der Waals surface area (Å²) in [6.45, 7) is 5.76. The van der Waals surface area contributed by atoms with Crippen LogP contribution in [-0.4, -0.2) is 24.3 Å². The number of benzene rings is 3. The van der Waals surface area contributed by atoms with E-state index in [0.717, 1.165) is 12.0 Å². The zero-order chi connectivity index (χ0) is 23.1. The first-order valence-electron chi connectivity index (χ1n) is 10.7. The topological polar surface area (TPSA) is 72.5 Å². The molecule has 1 atom stereocenters. The summed E-state index contributed by atoms with van der Waals surface area (Å²) in [5.41, 5.74) is 3.72.